The van der Waals surface area contributed by atoms with Crippen LogP contribution in [0.1, 0.15) is 36.0 Å². The van der Waals surface area contributed by atoms with E-state index in [1.165, 1.54) is 17.7 Å². The lowest BCUT2D eigenvalue weighted by Gasteiger charge is -2.22. The van der Waals surface area contributed by atoms with E-state index in [0.29, 0.717) is 6.42 Å². The van der Waals surface area contributed by atoms with Crippen molar-refractivity contribution in [2.24, 2.45) is 0 Å². The Morgan fingerprint density at radius 1 is 1.11 bits per heavy atom. The van der Waals surface area contributed by atoms with Gasteiger partial charge in [-0.25, -0.2) is 9.78 Å². The SMILES string of the molecule is O=C1NC2(CCc3ccccc32)C(=O)N1Cc1ccnc(N2CCCC2)c1. The Hall–Kier alpha value is -2.89. The summed E-state index contributed by atoms with van der Waals surface area (Å²) in [5.41, 5.74) is 2.13. The first-order valence-corrected chi connectivity index (χ1v) is 9.60. The van der Waals surface area contributed by atoms with Gasteiger partial charge in [-0.2, -0.15) is 0 Å². The summed E-state index contributed by atoms with van der Waals surface area (Å²) in [6, 6.07) is 11.5. The average molecular weight is 362 g/mol. The van der Waals surface area contributed by atoms with Gasteiger partial charge in [0, 0.05) is 19.3 Å². The molecule has 0 radical (unpaired) electrons. The second kappa shape index (κ2) is 6.08. The Labute approximate surface area is 158 Å². The number of urea groups is 1. The van der Waals surface area contributed by atoms with Crippen LogP contribution in [-0.2, 0) is 23.3 Å². The molecule has 1 aromatic carbocycles. The first-order valence-electron chi connectivity index (χ1n) is 9.60. The van der Waals surface area contributed by atoms with Gasteiger partial charge in [0.15, 0.2) is 0 Å². The summed E-state index contributed by atoms with van der Waals surface area (Å²) < 4.78 is 0. The number of hydrogen-bond donors (Lipinski definition) is 1. The molecule has 2 aliphatic heterocycles. The number of nitrogens with one attached hydrogen (secondary N) is 1. The summed E-state index contributed by atoms with van der Waals surface area (Å²) in [7, 11) is 0. The minimum atomic E-state index is -0.890. The van der Waals surface area contributed by atoms with Crippen LogP contribution in [-0.4, -0.2) is 34.9 Å². The summed E-state index contributed by atoms with van der Waals surface area (Å²) in [6.07, 6.45) is 5.57. The summed E-state index contributed by atoms with van der Waals surface area (Å²) in [6.45, 7) is 2.30. The monoisotopic (exact) mass is 362 g/mol. The standard InChI is InChI=1S/C21H22N4O2/c26-19-21(9-7-16-5-1-2-6-17(16)21)23-20(27)25(19)14-15-8-10-22-18(13-15)24-11-3-4-12-24/h1-2,5-6,8,10,13H,3-4,7,9,11-12,14H2,(H,23,27). The Kier molecular flexibility index (Phi) is 3.67. The number of carbonyl (C=O) groups is 2. The zero-order valence-corrected chi connectivity index (χ0v) is 15.1. The van der Waals surface area contributed by atoms with E-state index in [0.717, 1.165) is 42.0 Å². The van der Waals surface area contributed by atoms with E-state index < -0.39 is 5.54 Å². The van der Waals surface area contributed by atoms with E-state index in [1.54, 1.807) is 6.20 Å². The fraction of sp³-hybridized carbons (Fsp3) is 0.381. The van der Waals surface area contributed by atoms with Crippen molar-refractivity contribution in [2.75, 3.05) is 18.0 Å². The molecule has 1 spiro atoms. The van der Waals surface area contributed by atoms with Gasteiger partial charge in [0.25, 0.3) is 5.91 Å². The van der Waals surface area contributed by atoms with Gasteiger partial charge in [-0.15, -0.1) is 0 Å². The molecule has 5 rings (SSSR count). The van der Waals surface area contributed by atoms with E-state index in [2.05, 4.69) is 15.2 Å². The highest BCUT2D eigenvalue weighted by Crippen LogP contribution is 2.41. The van der Waals surface area contributed by atoms with Crippen LogP contribution in [0, 0.1) is 0 Å². The normalized spacial score (nSPS) is 24.0. The Morgan fingerprint density at radius 3 is 2.78 bits per heavy atom. The van der Waals surface area contributed by atoms with Crippen LogP contribution in [0.25, 0.3) is 0 Å². The van der Waals surface area contributed by atoms with Crippen LogP contribution < -0.4 is 10.2 Å². The third kappa shape index (κ3) is 2.51. The topological polar surface area (TPSA) is 65.5 Å². The number of aryl methyl sites for hydroxylation is 1. The number of benzene rings is 1. The smallest absolute Gasteiger partial charge is 0.325 e. The molecule has 1 atom stereocenters. The number of nitrogens with zero attached hydrogens (tertiary/aromatic N) is 3. The summed E-state index contributed by atoms with van der Waals surface area (Å²) in [4.78, 5) is 34.0. The van der Waals surface area contributed by atoms with Gasteiger partial charge in [-0.3, -0.25) is 9.69 Å². The molecule has 1 unspecified atom stereocenters. The quantitative estimate of drug-likeness (QED) is 0.853. The fourth-order valence-electron chi connectivity index (χ4n) is 4.59. The van der Waals surface area contributed by atoms with Crippen LogP contribution in [0.2, 0.25) is 0 Å². The molecule has 0 bridgehead atoms. The molecule has 3 amide bonds. The average Bonchev–Trinajstić information content (AvgIpc) is 3.40. The van der Waals surface area contributed by atoms with Crippen molar-refractivity contribution < 1.29 is 9.59 Å². The van der Waals surface area contributed by atoms with Gasteiger partial charge in [-0.1, -0.05) is 24.3 Å². The highest BCUT2D eigenvalue weighted by molar-refractivity contribution is 6.08. The number of rotatable bonds is 3. The molecule has 27 heavy (non-hydrogen) atoms. The summed E-state index contributed by atoms with van der Waals surface area (Å²) in [5.74, 6) is 0.787. The van der Waals surface area contributed by atoms with Crippen molar-refractivity contribution in [3.8, 4) is 0 Å². The van der Waals surface area contributed by atoms with Crippen molar-refractivity contribution in [1.82, 2.24) is 15.2 Å². The number of anilines is 1. The predicted molar refractivity (Wildman–Crippen MR) is 101 cm³/mol. The van der Waals surface area contributed by atoms with Gasteiger partial charge in [0.05, 0.1) is 6.54 Å². The van der Waals surface area contributed by atoms with Crippen molar-refractivity contribution in [3.05, 3.63) is 59.3 Å². The number of pyridine rings is 1. The lowest BCUT2D eigenvalue weighted by Crippen LogP contribution is -2.41. The zero-order valence-electron chi connectivity index (χ0n) is 15.1. The van der Waals surface area contributed by atoms with Crippen molar-refractivity contribution >= 4 is 17.8 Å². The first-order chi connectivity index (χ1) is 13.2. The zero-order chi connectivity index (χ0) is 18.4. The lowest BCUT2D eigenvalue weighted by molar-refractivity contribution is -0.132. The Balaban J connectivity index is 1.41. The van der Waals surface area contributed by atoms with Gasteiger partial charge >= 0.3 is 6.03 Å². The molecule has 1 aliphatic carbocycles. The van der Waals surface area contributed by atoms with E-state index in [-0.39, 0.29) is 18.5 Å². The molecule has 3 aliphatic rings. The number of fused-ring (bicyclic) bond motifs is 2. The van der Waals surface area contributed by atoms with Gasteiger partial charge < -0.3 is 10.2 Å². The molecule has 2 fully saturated rings. The molecule has 1 aromatic heterocycles. The fourth-order valence-corrected chi connectivity index (χ4v) is 4.59. The number of carbonyl (C=O) groups excluding carboxylic acids is 2. The Bertz CT molecular complexity index is 922. The van der Waals surface area contributed by atoms with Gasteiger partial charge in [0.2, 0.25) is 0 Å². The molecule has 2 aromatic rings. The maximum atomic E-state index is 13.3. The molecule has 6 heteroatoms. The molecule has 0 saturated carbocycles. The highest BCUT2D eigenvalue weighted by atomic mass is 16.2. The van der Waals surface area contributed by atoms with E-state index in [9.17, 15) is 9.59 Å². The van der Waals surface area contributed by atoms with E-state index in [1.807, 2.05) is 36.4 Å². The first kappa shape index (κ1) is 16.3. The number of aromatic nitrogens is 1. The molecular formula is C21H22N4O2. The van der Waals surface area contributed by atoms with Crippen LogP contribution in [0.4, 0.5) is 10.6 Å². The molecule has 1 N–H and O–H groups in total. The molecule has 6 nitrogen and oxygen atoms in total. The number of imide groups is 1. The van der Waals surface area contributed by atoms with Crippen LogP contribution in [0.5, 0.6) is 0 Å². The number of amides is 3. The van der Waals surface area contributed by atoms with Crippen molar-refractivity contribution in [3.63, 3.8) is 0 Å². The molecule has 3 heterocycles. The van der Waals surface area contributed by atoms with Crippen molar-refractivity contribution in [1.29, 1.82) is 0 Å². The second-order valence-corrected chi connectivity index (χ2v) is 7.60. The van der Waals surface area contributed by atoms with Gasteiger partial charge in [-0.05, 0) is 54.5 Å². The highest BCUT2D eigenvalue weighted by Gasteiger charge is 2.55. The van der Waals surface area contributed by atoms with Crippen LogP contribution in [0.3, 0.4) is 0 Å². The maximum absolute atomic E-state index is 13.3. The third-order valence-corrected chi connectivity index (χ3v) is 6.00. The summed E-state index contributed by atoms with van der Waals surface area (Å²) >= 11 is 0. The van der Waals surface area contributed by atoms with Gasteiger partial charge in [0.1, 0.15) is 11.4 Å². The third-order valence-electron chi connectivity index (χ3n) is 6.00. The summed E-state index contributed by atoms with van der Waals surface area (Å²) in [5, 5.41) is 2.99. The lowest BCUT2D eigenvalue weighted by atomic mass is 9.92. The minimum Gasteiger partial charge on any atom is -0.357 e. The maximum Gasteiger partial charge on any atom is 0.325 e. The second-order valence-electron chi connectivity index (χ2n) is 7.60. The Morgan fingerprint density at radius 2 is 1.93 bits per heavy atom. The minimum absolute atomic E-state index is 0.142. The van der Waals surface area contributed by atoms with Crippen LogP contribution in [0.15, 0.2) is 42.6 Å². The van der Waals surface area contributed by atoms with Crippen LogP contribution >= 0.6 is 0 Å². The van der Waals surface area contributed by atoms with E-state index in [4.69, 9.17) is 0 Å². The molecular weight excluding hydrogens is 340 g/mol. The number of hydrogen-bond acceptors (Lipinski definition) is 4. The predicted octanol–water partition coefficient (Wildman–Crippen LogP) is 2.58. The molecule has 2 saturated heterocycles. The van der Waals surface area contributed by atoms with Crippen molar-refractivity contribution in [2.45, 2.75) is 37.8 Å². The molecule has 138 valence electrons. The largest absolute Gasteiger partial charge is 0.357 e. The van der Waals surface area contributed by atoms with E-state index >= 15 is 0 Å².